The van der Waals surface area contributed by atoms with E-state index in [2.05, 4.69) is 26.4 Å². The molecule has 0 fully saturated rings. The molecule has 0 saturated carbocycles. The monoisotopic (exact) mass is 454 g/mol. The van der Waals surface area contributed by atoms with E-state index in [4.69, 9.17) is 9.47 Å². The number of fused-ring (bicyclic) bond motifs is 2. The Hall–Kier alpha value is -2.78. The number of thiophene rings is 1. The molecule has 1 aliphatic heterocycles. The number of nitrogens with zero attached hydrogens (tertiary/aromatic N) is 3. The summed E-state index contributed by atoms with van der Waals surface area (Å²) in [6.45, 7) is 8.00. The molecule has 1 aromatic carbocycles. The first-order chi connectivity index (χ1) is 15.0. The van der Waals surface area contributed by atoms with Gasteiger partial charge in [0.05, 0.1) is 23.0 Å². The molecule has 5 rings (SSSR count). The van der Waals surface area contributed by atoms with E-state index in [9.17, 15) is 4.79 Å². The van der Waals surface area contributed by atoms with Crippen LogP contribution in [0.1, 0.15) is 23.2 Å². The van der Waals surface area contributed by atoms with E-state index in [0.717, 1.165) is 49.7 Å². The van der Waals surface area contributed by atoms with Crippen LogP contribution in [0.2, 0.25) is 0 Å². The zero-order valence-electron chi connectivity index (χ0n) is 17.5. The van der Waals surface area contributed by atoms with Crippen molar-refractivity contribution in [2.45, 2.75) is 38.2 Å². The minimum Gasteiger partial charge on any atom is -0.486 e. The largest absolute Gasteiger partial charge is 0.486 e. The fraction of sp³-hybridized carbons (Fsp3) is 0.318. The normalized spacial score (nSPS) is 13.1. The number of rotatable bonds is 5. The van der Waals surface area contributed by atoms with Gasteiger partial charge in [0, 0.05) is 17.0 Å². The predicted octanol–water partition coefficient (Wildman–Crippen LogP) is 4.55. The van der Waals surface area contributed by atoms with Gasteiger partial charge in [-0.25, -0.2) is 9.97 Å². The van der Waals surface area contributed by atoms with Crippen LogP contribution in [0.3, 0.4) is 0 Å². The Morgan fingerprint density at radius 3 is 2.84 bits per heavy atom. The highest BCUT2D eigenvalue weighted by atomic mass is 32.2. The molecule has 0 bridgehead atoms. The topological polar surface area (TPSA) is 82.0 Å². The number of hydrogen-bond acceptors (Lipinski definition) is 7. The molecular formula is C22H22N4O3S2. The van der Waals surface area contributed by atoms with Crippen molar-refractivity contribution in [1.82, 2.24) is 19.5 Å². The first-order valence-electron chi connectivity index (χ1n) is 10.1. The van der Waals surface area contributed by atoms with Crippen LogP contribution in [-0.4, -0.2) is 32.7 Å². The molecule has 0 amide bonds. The summed E-state index contributed by atoms with van der Waals surface area (Å²) in [6.07, 6.45) is 1.88. The van der Waals surface area contributed by atoms with Gasteiger partial charge in [0.1, 0.15) is 23.9 Å². The van der Waals surface area contributed by atoms with Crippen molar-refractivity contribution in [2.75, 3.05) is 13.2 Å². The third-order valence-corrected chi connectivity index (χ3v) is 7.50. The lowest BCUT2D eigenvalue weighted by molar-refractivity contribution is 0.171. The molecule has 0 aliphatic carbocycles. The van der Waals surface area contributed by atoms with Crippen LogP contribution in [-0.2, 0) is 12.3 Å². The van der Waals surface area contributed by atoms with Crippen LogP contribution in [0.4, 0.5) is 0 Å². The lowest BCUT2D eigenvalue weighted by Gasteiger charge is -2.19. The third kappa shape index (κ3) is 3.61. The highest BCUT2D eigenvalue weighted by molar-refractivity contribution is 7.98. The summed E-state index contributed by atoms with van der Waals surface area (Å²) in [5.74, 6) is 2.74. The van der Waals surface area contributed by atoms with Gasteiger partial charge in [0.15, 0.2) is 16.7 Å². The lowest BCUT2D eigenvalue weighted by Crippen LogP contribution is -2.15. The summed E-state index contributed by atoms with van der Waals surface area (Å²) in [5.41, 5.74) is 2.99. The van der Waals surface area contributed by atoms with E-state index in [0.29, 0.717) is 30.2 Å². The number of benzene rings is 1. The van der Waals surface area contributed by atoms with Crippen LogP contribution in [0.5, 0.6) is 11.5 Å². The Kier molecular flexibility index (Phi) is 5.23. The summed E-state index contributed by atoms with van der Waals surface area (Å²) in [5, 5.41) is 1.58. The average molecular weight is 455 g/mol. The van der Waals surface area contributed by atoms with Crippen molar-refractivity contribution in [1.29, 1.82) is 0 Å². The molecule has 4 aromatic rings. The fourth-order valence-electron chi connectivity index (χ4n) is 3.71. The van der Waals surface area contributed by atoms with Gasteiger partial charge in [-0.2, -0.15) is 0 Å². The molecule has 0 radical (unpaired) electrons. The second-order valence-corrected chi connectivity index (χ2v) is 9.44. The minimum absolute atomic E-state index is 0.0711. The Morgan fingerprint density at radius 1 is 1.23 bits per heavy atom. The number of hydrogen-bond donors (Lipinski definition) is 1. The van der Waals surface area contributed by atoms with Gasteiger partial charge in [0.2, 0.25) is 0 Å². The van der Waals surface area contributed by atoms with E-state index < -0.39 is 0 Å². The lowest BCUT2D eigenvalue weighted by atomic mass is 10.1. The maximum absolute atomic E-state index is 12.5. The number of aryl methyl sites for hydroxylation is 2. The summed E-state index contributed by atoms with van der Waals surface area (Å²) < 4.78 is 13.5. The molecule has 9 heteroatoms. The first-order valence-corrected chi connectivity index (χ1v) is 11.9. The van der Waals surface area contributed by atoms with Gasteiger partial charge in [0.25, 0.3) is 5.56 Å². The Labute approximate surface area is 187 Å². The van der Waals surface area contributed by atoms with Crippen molar-refractivity contribution in [3.05, 3.63) is 51.0 Å². The van der Waals surface area contributed by atoms with Crippen molar-refractivity contribution >= 4 is 33.3 Å². The number of aromatic nitrogens is 4. The van der Waals surface area contributed by atoms with Gasteiger partial charge >= 0.3 is 0 Å². The number of thioether (sulfide) groups is 1. The molecular weight excluding hydrogens is 432 g/mol. The molecule has 0 unspecified atom stereocenters. The maximum Gasteiger partial charge on any atom is 0.259 e. The van der Waals surface area contributed by atoms with E-state index in [-0.39, 0.29) is 5.56 Å². The summed E-state index contributed by atoms with van der Waals surface area (Å²) in [6, 6.07) is 5.97. The Bertz CT molecular complexity index is 1340. The zero-order valence-corrected chi connectivity index (χ0v) is 19.2. The number of nitrogens with one attached hydrogen (secondary N) is 1. The van der Waals surface area contributed by atoms with Gasteiger partial charge in [-0.15, -0.1) is 11.3 Å². The minimum atomic E-state index is -0.0711. The maximum atomic E-state index is 12.5. The van der Waals surface area contributed by atoms with Crippen LogP contribution in [0.25, 0.3) is 21.5 Å². The van der Waals surface area contributed by atoms with Crippen LogP contribution in [0, 0.1) is 13.8 Å². The van der Waals surface area contributed by atoms with Crippen LogP contribution >= 0.6 is 23.1 Å². The first kappa shape index (κ1) is 20.1. The number of H-pyrrole nitrogens is 1. The molecule has 0 atom stereocenters. The highest BCUT2D eigenvalue weighted by Gasteiger charge is 2.17. The van der Waals surface area contributed by atoms with E-state index in [1.807, 2.05) is 38.2 Å². The van der Waals surface area contributed by atoms with Gasteiger partial charge < -0.3 is 19.0 Å². The van der Waals surface area contributed by atoms with Gasteiger partial charge in [-0.05, 0) is 44.5 Å². The summed E-state index contributed by atoms with van der Waals surface area (Å²) in [4.78, 5) is 26.7. The number of aromatic amines is 1. The molecule has 0 saturated heterocycles. The fourth-order valence-corrected chi connectivity index (χ4v) is 5.68. The van der Waals surface area contributed by atoms with E-state index >= 15 is 0 Å². The summed E-state index contributed by atoms with van der Waals surface area (Å²) >= 11 is 3.13. The van der Waals surface area contributed by atoms with Crippen molar-refractivity contribution in [3.63, 3.8) is 0 Å². The molecule has 160 valence electrons. The Balaban J connectivity index is 1.42. The number of ether oxygens (including phenoxy) is 2. The van der Waals surface area contributed by atoms with Crippen LogP contribution < -0.4 is 15.0 Å². The third-order valence-electron chi connectivity index (χ3n) is 5.40. The molecule has 1 N–H and O–H groups in total. The molecule has 7 nitrogen and oxygen atoms in total. The SMILES string of the molecule is CCn1c(-c2ccc3c(c2)OCCO3)cnc1SCc1nc2sc(C)c(C)c2c(=O)[nH]1. The number of imidazole rings is 1. The standard InChI is InChI=1S/C22H22N4O3S2/c1-4-26-15(14-5-6-16-17(9-14)29-8-7-28-16)10-23-22(26)30-11-18-24-20(27)19-12(2)13(3)31-21(19)25-18/h5-6,9-10H,4,7-8,11H2,1-3H3,(H,24,25,27). The van der Waals surface area contributed by atoms with E-state index in [1.54, 1.807) is 23.1 Å². The molecule has 1 aliphatic rings. The second-order valence-electron chi connectivity index (χ2n) is 7.29. The quantitative estimate of drug-likeness (QED) is 0.446. The Morgan fingerprint density at radius 2 is 2.03 bits per heavy atom. The van der Waals surface area contributed by atoms with Gasteiger partial charge in [-0.3, -0.25) is 4.79 Å². The average Bonchev–Trinajstić information content (AvgIpc) is 3.32. The molecule has 31 heavy (non-hydrogen) atoms. The highest BCUT2D eigenvalue weighted by Crippen LogP contribution is 2.36. The molecule has 3 aromatic heterocycles. The van der Waals surface area contributed by atoms with E-state index in [1.165, 1.54) is 0 Å². The smallest absolute Gasteiger partial charge is 0.259 e. The second kappa shape index (κ2) is 8.05. The predicted molar refractivity (Wildman–Crippen MR) is 124 cm³/mol. The van der Waals surface area contributed by atoms with Crippen LogP contribution in [0.15, 0.2) is 34.3 Å². The summed E-state index contributed by atoms with van der Waals surface area (Å²) in [7, 11) is 0. The van der Waals surface area contributed by atoms with Crippen molar-refractivity contribution < 1.29 is 9.47 Å². The molecule has 4 heterocycles. The molecule has 0 spiro atoms. The van der Waals surface area contributed by atoms with Crippen molar-refractivity contribution in [2.24, 2.45) is 0 Å². The van der Waals surface area contributed by atoms with Gasteiger partial charge in [-0.1, -0.05) is 11.8 Å². The zero-order chi connectivity index (χ0) is 21.5. The van der Waals surface area contributed by atoms with Crippen molar-refractivity contribution in [3.8, 4) is 22.8 Å².